The quantitative estimate of drug-likeness (QED) is 0.792. The van der Waals surface area contributed by atoms with Gasteiger partial charge in [-0.15, -0.1) is 0 Å². The first-order chi connectivity index (χ1) is 8.68. The molecular formula is C14H11ClFNO. The Labute approximate surface area is 109 Å². The van der Waals surface area contributed by atoms with Crippen molar-refractivity contribution in [3.8, 4) is 0 Å². The summed E-state index contributed by atoms with van der Waals surface area (Å²) in [7, 11) is 0. The van der Waals surface area contributed by atoms with Gasteiger partial charge in [-0.25, -0.2) is 4.39 Å². The van der Waals surface area contributed by atoms with E-state index >= 15 is 0 Å². The summed E-state index contributed by atoms with van der Waals surface area (Å²) in [6.45, 7) is 0. The molecule has 0 saturated carbocycles. The summed E-state index contributed by atoms with van der Waals surface area (Å²) in [6.07, 6.45) is 1.93. The normalized spacial score (nSPS) is 12.1. The molecule has 0 aliphatic rings. The van der Waals surface area contributed by atoms with Crippen molar-refractivity contribution in [2.45, 2.75) is 12.3 Å². The Morgan fingerprint density at radius 1 is 1.22 bits per heavy atom. The molecule has 4 heteroatoms. The van der Waals surface area contributed by atoms with Crippen LogP contribution >= 0.6 is 11.6 Å². The van der Waals surface area contributed by atoms with Gasteiger partial charge < -0.3 is 0 Å². The summed E-state index contributed by atoms with van der Waals surface area (Å²) in [6, 6.07) is 11.5. The topological polar surface area (TPSA) is 30.0 Å². The number of nitrogens with zero attached hydrogens (tertiary/aromatic N) is 1. The average molecular weight is 264 g/mol. The first-order valence-electron chi connectivity index (χ1n) is 5.52. The largest absolute Gasteiger partial charge is 0.281 e. The Kier molecular flexibility index (Phi) is 4.05. The standard InChI is InChI=1S/C14H11ClFNO/c15-14(18)12(9-10-5-3-4-8-17-10)11-6-1-2-7-13(11)16/h1-8,12H,9H2. The first kappa shape index (κ1) is 12.7. The lowest BCUT2D eigenvalue weighted by Gasteiger charge is -2.13. The van der Waals surface area contributed by atoms with Crippen molar-refractivity contribution < 1.29 is 9.18 Å². The smallest absolute Gasteiger partial charge is 0.229 e. The van der Waals surface area contributed by atoms with E-state index < -0.39 is 17.0 Å². The maximum absolute atomic E-state index is 13.7. The molecule has 0 aliphatic carbocycles. The molecular weight excluding hydrogens is 253 g/mol. The maximum atomic E-state index is 13.7. The molecule has 18 heavy (non-hydrogen) atoms. The summed E-state index contributed by atoms with van der Waals surface area (Å²) < 4.78 is 13.7. The number of hydrogen-bond acceptors (Lipinski definition) is 2. The van der Waals surface area contributed by atoms with Crippen molar-refractivity contribution in [3.05, 3.63) is 65.7 Å². The second-order valence-corrected chi connectivity index (χ2v) is 4.28. The number of hydrogen-bond donors (Lipinski definition) is 0. The van der Waals surface area contributed by atoms with Crippen LogP contribution in [-0.2, 0) is 11.2 Å². The van der Waals surface area contributed by atoms with Crippen LogP contribution in [0.25, 0.3) is 0 Å². The monoisotopic (exact) mass is 263 g/mol. The van der Waals surface area contributed by atoms with Gasteiger partial charge in [-0.1, -0.05) is 24.3 Å². The Bertz CT molecular complexity index is 545. The van der Waals surface area contributed by atoms with E-state index in [-0.39, 0.29) is 0 Å². The number of aromatic nitrogens is 1. The zero-order valence-electron chi connectivity index (χ0n) is 9.51. The molecule has 0 N–H and O–H groups in total. The second-order valence-electron chi connectivity index (χ2n) is 3.90. The van der Waals surface area contributed by atoms with Gasteiger partial charge in [0.25, 0.3) is 0 Å². The van der Waals surface area contributed by atoms with Crippen LogP contribution in [0.4, 0.5) is 4.39 Å². The van der Waals surface area contributed by atoms with E-state index in [1.165, 1.54) is 6.07 Å². The van der Waals surface area contributed by atoms with Gasteiger partial charge in [0.05, 0.1) is 5.92 Å². The Morgan fingerprint density at radius 3 is 2.56 bits per heavy atom. The SMILES string of the molecule is O=C(Cl)C(Cc1ccccn1)c1ccccc1F. The molecule has 0 radical (unpaired) electrons. The molecule has 0 bridgehead atoms. The fourth-order valence-electron chi connectivity index (χ4n) is 1.80. The molecule has 2 rings (SSSR count). The number of rotatable bonds is 4. The molecule has 0 saturated heterocycles. The van der Waals surface area contributed by atoms with E-state index in [0.717, 1.165) is 0 Å². The summed E-state index contributed by atoms with van der Waals surface area (Å²) in [5.41, 5.74) is 1.02. The van der Waals surface area contributed by atoms with Crippen LogP contribution in [0, 0.1) is 5.82 Å². The van der Waals surface area contributed by atoms with Crippen LogP contribution in [0.1, 0.15) is 17.2 Å². The Hall–Kier alpha value is -1.74. The van der Waals surface area contributed by atoms with Crippen LogP contribution in [0.15, 0.2) is 48.7 Å². The lowest BCUT2D eigenvalue weighted by atomic mass is 9.95. The molecule has 92 valence electrons. The van der Waals surface area contributed by atoms with Crippen molar-refractivity contribution >= 4 is 16.8 Å². The van der Waals surface area contributed by atoms with Gasteiger partial charge >= 0.3 is 0 Å². The summed E-state index contributed by atoms with van der Waals surface area (Å²) >= 11 is 5.57. The van der Waals surface area contributed by atoms with E-state index in [1.807, 2.05) is 6.07 Å². The van der Waals surface area contributed by atoms with E-state index in [1.54, 1.807) is 36.5 Å². The van der Waals surface area contributed by atoms with Gasteiger partial charge in [-0.3, -0.25) is 9.78 Å². The third-order valence-corrected chi connectivity index (χ3v) is 2.96. The molecule has 0 spiro atoms. The number of benzene rings is 1. The fourth-order valence-corrected chi connectivity index (χ4v) is 1.99. The predicted octanol–water partition coefficient (Wildman–Crippen LogP) is 3.31. The van der Waals surface area contributed by atoms with Crippen molar-refractivity contribution in [2.75, 3.05) is 0 Å². The van der Waals surface area contributed by atoms with Crippen LogP contribution in [0.2, 0.25) is 0 Å². The predicted molar refractivity (Wildman–Crippen MR) is 67.9 cm³/mol. The van der Waals surface area contributed by atoms with Gasteiger partial charge in [-0.2, -0.15) is 0 Å². The van der Waals surface area contributed by atoms with Gasteiger partial charge in [0.1, 0.15) is 5.82 Å². The van der Waals surface area contributed by atoms with Crippen LogP contribution in [0.5, 0.6) is 0 Å². The van der Waals surface area contributed by atoms with Gasteiger partial charge in [-0.05, 0) is 35.4 Å². The highest BCUT2D eigenvalue weighted by Crippen LogP contribution is 2.25. The average Bonchev–Trinajstić information content (AvgIpc) is 2.38. The maximum Gasteiger partial charge on any atom is 0.229 e. The molecule has 1 unspecified atom stereocenters. The lowest BCUT2D eigenvalue weighted by Crippen LogP contribution is -2.12. The molecule has 0 amide bonds. The highest BCUT2D eigenvalue weighted by Gasteiger charge is 2.22. The highest BCUT2D eigenvalue weighted by atomic mass is 35.5. The first-order valence-corrected chi connectivity index (χ1v) is 5.90. The fraction of sp³-hybridized carbons (Fsp3) is 0.143. The zero-order valence-corrected chi connectivity index (χ0v) is 10.3. The van der Waals surface area contributed by atoms with E-state index in [2.05, 4.69) is 4.98 Å². The van der Waals surface area contributed by atoms with E-state index in [9.17, 15) is 9.18 Å². The van der Waals surface area contributed by atoms with E-state index in [0.29, 0.717) is 17.7 Å². The van der Waals surface area contributed by atoms with Gasteiger partial charge in [0, 0.05) is 18.3 Å². The number of halogens is 2. The molecule has 2 aromatic rings. The van der Waals surface area contributed by atoms with E-state index in [4.69, 9.17) is 11.6 Å². The summed E-state index contributed by atoms with van der Waals surface area (Å²) in [5, 5.41) is -0.578. The van der Waals surface area contributed by atoms with Crippen molar-refractivity contribution in [3.63, 3.8) is 0 Å². The number of pyridine rings is 1. The zero-order chi connectivity index (χ0) is 13.0. The lowest BCUT2D eigenvalue weighted by molar-refractivity contribution is -0.113. The molecule has 2 nitrogen and oxygen atoms in total. The van der Waals surface area contributed by atoms with Crippen LogP contribution < -0.4 is 0 Å². The third-order valence-electron chi connectivity index (χ3n) is 2.69. The number of carbonyl (C=O) groups is 1. The molecule has 0 fully saturated rings. The second kappa shape index (κ2) is 5.74. The van der Waals surface area contributed by atoms with Crippen LogP contribution in [-0.4, -0.2) is 10.2 Å². The molecule has 1 heterocycles. The summed E-state index contributed by atoms with van der Waals surface area (Å²) in [5.74, 6) is -1.13. The minimum atomic E-state index is -0.706. The molecule has 1 aromatic carbocycles. The molecule has 1 atom stereocenters. The van der Waals surface area contributed by atoms with Crippen molar-refractivity contribution in [1.82, 2.24) is 4.98 Å². The Balaban J connectivity index is 2.30. The number of carbonyl (C=O) groups excluding carboxylic acids is 1. The van der Waals surface area contributed by atoms with Gasteiger partial charge in [0.2, 0.25) is 5.24 Å². The highest BCUT2D eigenvalue weighted by molar-refractivity contribution is 6.64. The molecule has 0 aliphatic heterocycles. The van der Waals surface area contributed by atoms with Crippen molar-refractivity contribution in [1.29, 1.82) is 0 Å². The minimum absolute atomic E-state index is 0.296. The Morgan fingerprint density at radius 2 is 1.94 bits per heavy atom. The van der Waals surface area contributed by atoms with Crippen LogP contribution in [0.3, 0.4) is 0 Å². The summed E-state index contributed by atoms with van der Waals surface area (Å²) in [4.78, 5) is 15.6. The van der Waals surface area contributed by atoms with Crippen molar-refractivity contribution in [2.24, 2.45) is 0 Å². The third kappa shape index (κ3) is 2.93. The minimum Gasteiger partial charge on any atom is -0.281 e. The van der Waals surface area contributed by atoms with Gasteiger partial charge in [0.15, 0.2) is 0 Å². The molecule has 1 aromatic heterocycles.